The van der Waals surface area contributed by atoms with Crippen molar-refractivity contribution in [3.05, 3.63) is 35.9 Å². The minimum Gasteiger partial charge on any atom is -0.396 e. The standard InChI is InChI=1S/C19H27NO4S/c21-15-19(13-16-4-2-1-3-5-16)7-9-20(10-8-19)18(22)12-17-6-11-25(23,24)14-17/h1-5,17,21H,6-15H2/t17-/m0/s1. The molecule has 2 aliphatic rings. The van der Waals surface area contributed by atoms with Gasteiger partial charge in [-0.1, -0.05) is 30.3 Å². The SMILES string of the molecule is O=C(C[C@@H]1CCS(=O)(=O)C1)N1CCC(CO)(Cc2ccccc2)CC1. The molecule has 0 saturated carbocycles. The molecule has 25 heavy (non-hydrogen) atoms. The lowest BCUT2D eigenvalue weighted by atomic mass is 9.74. The zero-order valence-electron chi connectivity index (χ0n) is 14.6. The predicted octanol–water partition coefficient (Wildman–Crippen LogP) is 1.65. The molecule has 0 bridgehead atoms. The maximum absolute atomic E-state index is 12.5. The van der Waals surface area contributed by atoms with E-state index in [2.05, 4.69) is 12.1 Å². The fourth-order valence-electron chi connectivity index (χ4n) is 4.06. The topological polar surface area (TPSA) is 74.7 Å². The molecule has 0 aliphatic carbocycles. The Bertz CT molecular complexity index is 693. The van der Waals surface area contributed by atoms with E-state index in [4.69, 9.17) is 0 Å². The van der Waals surface area contributed by atoms with E-state index < -0.39 is 9.84 Å². The molecular formula is C19H27NO4S. The van der Waals surface area contributed by atoms with Crippen LogP contribution in [0.15, 0.2) is 30.3 Å². The van der Waals surface area contributed by atoms with Crippen LogP contribution < -0.4 is 0 Å². The second kappa shape index (κ2) is 7.46. The van der Waals surface area contributed by atoms with E-state index in [0.717, 1.165) is 19.3 Å². The van der Waals surface area contributed by atoms with Gasteiger partial charge in [-0.05, 0) is 37.2 Å². The predicted molar refractivity (Wildman–Crippen MR) is 96.9 cm³/mol. The number of hydrogen-bond acceptors (Lipinski definition) is 4. The van der Waals surface area contributed by atoms with E-state index in [1.807, 2.05) is 23.1 Å². The third-order valence-corrected chi connectivity index (χ3v) is 7.56. The van der Waals surface area contributed by atoms with Gasteiger partial charge in [-0.25, -0.2) is 8.42 Å². The summed E-state index contributed by atoms with van der Waals surface area (Å²) < 4.78 is 23.1. The fraction of sp³-hybridized carbons (Fsp3) is 0.632. The molecule has 1 atom stereocenters. The van der Waals surface area contributed by atoms with Gasteiger partial charge in [0.05, 0.1) is 11.5 Å². The molecule has 2 saturated heterocycles. The third kappa shape index (κ3) is 4.61. The number of rotatable bonds is 5. The molecule has 138 valence electrons. The lowest BCUT2D eigenvalue weighted by Crippen LogP contribution is -2.46. The minimum atomic E-state index is -2.93. The quantitative estimate of drug-likeness (QED) is 0.861. The van der Waals surface area contributed by atoms with Crippen LogP contribution in [0, 0.1) is 11.3 Å². The van der Waals surface area contributed by atoms with Gasteiger partial charge < -0.3 is 10.0 Å². The van der Waals surface area contributed by atoms with Crippen LogP contribution in [0.25, 0.3) is 0 Å². The summed E-state index contributed by atoms with van der Waals surface area (Å²) in [6, 6.07) is 10.2. The molecule has 1 amide bonds. The number of carbonyl (C=O) groups is 1. The minimum absolute atomic E-state index is 0.0219. The molecule has 0 aromatic heterocycles. The first-order valence-corrected chi connectivity index (χ1v) is 10.9. The van der Waals surface area contributed by atoms with Gasteiger partial charge in [0.2, 0.25) is 5.91 Å². The van der Waals surface area contributed by atoms with E-state index in [9.17, 15) is 18.3 Å². The molecule has 6 heteroatoms. The molecule has 1 N–H and O–H groups in total. The first-order valence-electron chi connectivity index (χ1n) is 9.04. The van der Waals surface area contributed by atoms with Crippen molar-refractivity contribution in [2.45, 2.75) is 32.1 Å². The second-order valence-electron chi connectivity index (χ2n) is 7.67. The monoisotopic (exact) mass is 365 g/mol. The Balaban J connectivity index is 1.54. The van der Waals surface area contributed by atoms with Crippen molar-refractivity contribution in [2.75, 3.05) is 31.2 Å². The summed E-state index contributed by atoms with van der Waals surface area (Å²) in [5.74, 6) is 0.413. The lowest BCUT2D eigenvalue weighted by molar-refractivity contribution is -0.134. The van der Waals surface area contributed by atoms with Crippen LogP contribution >= 0.6 is 0 Å². The van der Waals surface area contributed by atoms with Crippen molar-refractivity contribution in [1.82, 2.24) is 4.90 Å². The third-order valence-electron chi connectivity index (χ3n) is 5.72. The summed E-state index contributed by atoms with van der Waals surface area (Å²) >= 11 is 0. The molecule has 0 spiro atoms. The average Bonchev–Trinajstić information content (AvgIpc) is 2.95. The largest absolute Gasteiger partial charge is 0.396 e. The number of amides is 1. The summed E-state index contributed by atoms with van der Waals surface area (Å²) in [6.07, 6.45) is 3.34. The van der Waals surface area contributed by atoms with E-state index in [1.54, 1.807) is 0 Å². The Morgan fingerprint density at radius 3 is 2.44 bits per heavy atom. The van der Waals surface area contributed by atoms with Crippen molar-refractivity contribution >= 4 is 15.7 Å². The highest BCUT2D eigenvalue weighted by molar-refractivity contribution is 7.91. The normalized spacial score (nSPS) is 25.0. The molecule has 2 aliphatic heterocycles. The molecule has 0 radical (unpaired) electrons. The van der Waals surface area contributed by atoms with Gasteiger partial charge in [0, 0.05) is 31.5 Å². The summed E-state index contributed by atoms with van der Waals surface area (Å²) in [7, 11) is -2.93. The van der Waals surface area contributed by atoms with Gasteiger partial charge in [-0.3, -0.25) is 4.79 Å². The highest BCUT2D eigenvalue weighted by atomic mass is 32.2. The molecule has 1 aromatic carbocycles. The molecule has 3 rings (SSSR count). The number of nitrogens with zero attached hydrogens (tertiary/aromatic N) is 1. The van der Waals surface area contributed by atoms with Crippen LogP contribution in [-0.2, 0) is 21.1 Å². The summed E-state index contributed by atoms with van der Waals surface area (Å²) in [5.41, 5.74) is 1.06. The van der Waals surface area contributed by atoms with Crippen molar-refractivity contribution in [3.8, 4) is 0 Å². The highest BCUT2D eigenvalue weighted by Gasteiger charge is 2.37. The Morgan fingerprint density at radius 1 is 1.20 bits per heavy atom. The number of aliphatic hydroxyl groups is 1. The average molecular weight is 365 g/mol. The van der Waals surface area contributed by atoms with Crippen LogP contribution in [0.2, 0.25) is 0 Å². The van der Waals surface area contributed by atoms with Gasteiger partial charge in [0.1, 0.15) is 0 Å². The van der Waals surface area contributed by atoms with Gasteiger partial charge in [0.25, 0.3) is 0 Å². The van der Waals surface area contributed by atoms with E-state index >= 15 is 0 Å². The number of aliphatic hydroxyl groups excluding tert-OH is 1. The highest BCUT2D eigenvalue weighted by Crippen LogP contribution is 2.35. The maximum Gasteiger partial charge on any atom is 0.222 e. The van der Waals surface area contributed by atoms with Crippen LogP contribution in [0.3, 0.4) is 0 Å². The van der Waals surface area contributed by atoms with Crippen LogP contribution in [-0.4, -0.2) is 55.5 Å². The Kier molecular flexibility index (Phi) is 5.49. The Labute approximate surface area is 150 Å². The Hall–Kier alpha value is -1.40. The van der Waals surface area contributed by atoms with Crippen molar-refractivity contribution in [1.29, 1.82) is 0 Å². The van der Waals surface area contributed by atoms with Crippen LogP contribution in [0.5, 0.6) is 0 Å². The van der Waals surface area contributed by atoms with Crippen LogP contribution in [0.1, 0.15) is 31.2 Å². The smallest absolute Gasteiger partial charge is 0.222 e. The van der Waals surface area contributed by atoms with Crippen LogP contribution in [0.4, 0.5) is 0 Å². The summed E-state index contributed by atoms with van der Waals surface area (Å²) in [5, 5.41) is 9.95. The zero-order chi connectivity index (χ0) is 17.9. The van der Waals surface area contributed by atoms with Crippen molar-refractivity contribution < 1.29 is 18.3 Å². The van der Waals surface area contributed by atoms with E-state index in [1.165, 1.54) is 5.56 Å². The van der Waals surface area contributed by atoms with Gasteiger partial charge in [-0.15, -0.1) is 0 Å². The Morgan fingerprint density at radius 2 is 1.88 bits per heavy atom. The van der Waals surface area contributed by atoms with Gasteiger partial charge in [0.15, 0.2) is 9.84 Å². The second-order valence-corrected chi connectivity index (χ2v) is 9.90. The number of sulfone groups is 1. The maximum atomic E-state index is 12.5. The van der Waals surface area contributed by atoms with Crippen molar-refractivity contribution in [2.24, 2.45) is 11.3 Å². The van der Waals surface area contributed by atoms with E-state index in [-0.39, 0.29) is 35.4 Å². The van der Waals surface area contributed by atoms with E-state index in [0.29, 0.717) is 25.9 Å². The number of hydrogen-bond donors (Lipinski definition) is 1. The molecule has 5 nitrogen and oxygen atoms in total. The van der Waals surface area contributed by atoms with Gasteiger partial charge >= 0.3 is 0 Å². The number of benzene rings is 1. The first-order chi connectivity index (χ1) is 11.9. The fourth-order valence-corrected chi connectivity index (χ4v) is 5.92. The molecule has 2 fully saturated rings. The number of likely N-dealkylation sites (tertiary alicyclic amines) is 1. The summed E-state index contributed by atoms with van der Waals surface area (Å²) in [6.45, 7) is 1.42. The number of carbonyl (C=O) groups excluding carboxylic acids is 1. The van der Waals surface area contributed by atoms with Gasteiger partial charge in [-0.2, -0.15) is 0 Å². The lowest BCUT2D eigenvalue weighted by Gasteiger charge is -2.41. The van der Waals surface area contributed by atoms with Crippen molar-refractivity contribution in [3.63, 3.8) is 0 Å². The zero-order valence-corrected chi connectivity index (χ0v) is 15.4. The summed E-state index contributed by atoms with van der Waals surface area (Å²) in [4.78, 5) is 14.3. The molecule has 1 aromatic rings. The molecular weight excluding hydrogens is 338 g/mol. The number of piperidine rings is 1. The first kappa shape index (κ1) is 18.4. The molecule has 2 heterocycles. The molecule has 0 unspecified atom stereocenters.